The van der Waals surface area contributed by atoms with Crippen molar-refractivity contribution in [1.29, 1.82) is 0 Å². The maximum Gasteiger partial charge on any atom is 0.249 e. The second kappa shape index (κ2) is 8.42. The predicted octanol–water partition coefficient (Wildman–Crippen LogP) is 5.56. The Bertz CT molecular complexity index is 1070. The molecule has 2 aromatic carbocycles. The molecule has 0 aliphatic heterocycles. The molecule has 0 spiro atoms. The van der Waals surface area contributed by atoms with Gasteiger partial charge in [0.1, 0.15) is 11.6 Å². The van der Waals surface area contributed by atoms with Gasteiger partial charge in [-0.25, -0.2) is 4.39 Å². The molecular formula is C25H27FN2O2. The molecule has 1 amide bonds. The van der Waals surface area contributed by atoms with Gasteiger partial charge in [0.15, 0.2) is 0 Å². The first-order valence-electron chi connectivity index (χ1n) is 10.5. The van der Waals surface area contributed by atoms with Gasteiger partial charge in [-0.3, -0.25) is 9.78 Å². The summed E-state index contributed by atoms with van der Waals surface area (Å²) in [5, 5.41) is 0.912. The molecule has 1 aromatic heterocycles. The number of benzene rings is 2. The standard InChI is InChI=1S/C25H27FN2O2/c1-15(24-20(25(27)29)4-3-5-23(24)30-2)16-6-8-17(9-7-16)19-12-13-28-22-11-10-18(26)14-21(19)22/h3-5,10-17H,6-9H2,1-2H3,(H2,27,29)/t15-,16?,17?/m1/s1. The zero-order chi connectivity index (χ0) is 21.3. The highest BCUT2D eigenvalue weighted by atomic mass is 19.1. The van der Waals surface area contributed by atoms with Crippen molar-refractivity contribution in [2.24, 2.45) is 11.7 Å². The molecule has 0 saturated heterocycles. The van der Waals surface area contributed by atoms with Crippen molar-refractivity contribution in [3.63, 3.8) is 0 Å². The number of ether oxygens (including phenoxy) is 1. The lowest BCUT2D eigenvalue weighted by Crippen LogP contribution is -2.22. The highest BCUT2D eigenvalue weighted by Crippen LogP contribution is 2.45. The molecule has 1 heterocycles. The molecule has 1 aliphatic rings. The first-order valence-corrected chi connectivity index (χ1v) is 10.5. The van der Waals surface area contributed by atoms with Gasteiger partial charge in [0.2, 0.25) is 5.91 Å². The number of carbonyl (C=O) groups excluding carboxylic acids is 1. The van der Waals surface area contributed by atoms with Gasteiger partial charge in [-0.1, -0.05) is 13.0 Å². The van der Waals surface area contributed by atoms with Crippen molar-refractivity contribution in [2.45, 2.75) is 44.4 Å². The Kier molecular flexibility index (Phi) is 5.71. The van der Waals surface area contributed by atoms with Crippen molar-refractivity contribution in [2.75, 3.05) is 7.11 Å². The number of methoxy groups -OCH3 is 1. The van der Waals surface area contributed by atoms with Crippen LogP contribution in [0, 0.1) is 11.7 Å². The summed E-state index contributed by atoms with van der Waals surface area (Å²) in [6.07, 6.45) is 5.91. The molecule has 0 unspecified atom stereocenters. The molecule has 1 atom stereocenters. The quantitative estimate of drug-likeness (QED) is 0.603. The molecule has 1 aliphatic carbocycles. The summed E-state index contributed by atoms with van der Waals surface area (Å²) in [4.78, 5) is 16.4. The van der Waals surface area contributed by atoms with Crippen LogP contribution in [-0.4, -0.2) is 18.0 Å². The van der Waals surface area contributed by atoms with Crippen LogP contribution in [0.5, 0.6) is 5.75 Å². The topological polar surface area (TPSA) is 65.2 Å². The van der Waals surface area contributed by atoms with Gasteiger partial charge >= 0.3 is 0 Å². The number of aromatic nitrogens is 1. The number of hydrogen-bond donors (Lipinski definition) is 1. The number of halogens is 1. The minimum atomic E-state index is -0.422. The number of rotatable bonds is 5. The van der Waals surface area contributed by atoms with Crippen molar-refractivity contribution < 1.29 is 13.9 Å². The second-order valence-electron chi connectivity index (χ2n) is 8.25. The lowest BCUT2D eigenvalue weighted by atomic mass is 9.71. The Balaban J connectivity index is 1.56. The Morgan fingerprint density at radius 1 is 1.17 bits per heavy atom. The minimum Gasteiger partial charge on any atom is -0.496 e. The zero-order valence-corrected chi connectivity index (χ0v) is 17.4. The largest absolute Gasteiger partial charge is 0.496 e. The lowest BCUT2D eigenvalue weighted by molar-refractivity contribution is 0.0997. The Labute approximate surface area is 176 Å². The van der Waals surface area contributed by atoms with Crippen LogP contribution in [0.15, 0.2) is 48.7 Å². The fourth-order valence-electron chi connectivity index (χ4n) is 5.07. The maximum absolute atomic E-state index is 13.8. The van der Waals surface area contributed by atoms with Gasteiger partial charge in [-0.2, -0.15) is 0 Å². The summed E-state index contributed by atoms with van der Waals surface area (Å²) in [6, 6.07) is 12.3. The van der Waals surface area contributed by atoms with Crippen molar-refractivity contribution in [3.05, 3.63) is 71.2 Å². The number of carbonyl (C=O) groups is 1. The van der Waals surface area contributed by atoms with Crippen LogP contribution in [0.3, 0.4) is 0 Å². The van der Waals surface area contributed by atoms with E-state index >= 15 is 0 Å². The average molecular weight is 407 g/mol. The highest BCUT2D eigenvalue weighted by molar-refractivity contribution is 5.95. The monoisotopic (exact) mass is 406 g/mol. The molecule has 3 aromatic rings. The summed E-state index contributed by atoms with van der Waals surface area (Å²) < 4.78 is 19.4. The molecular weight excluding hydrogens is 379 g/mol. The summed E-state index contributed by atoms with van der Waals surface area (Å²) in [7, 11) is 1.63. The molecule has 5 heteroatoms. The molecule has 4 nitrogen and oxygen atoms in total. The van der Waals surface area contributed by atoms with Crippen LogP contribution in [0.4, 0.5) is 4.39 Å². The van der Waals surface area contributed by atoms with Crippen LogP contribution >= 0.6 is 0 Å². The Morgan fingerprint density at radius 2 is 1.93 bits per heavy atom. The van der Waals surface area contributed by atoms with Gasteiger partial charge in [0.25, 0.3) is 0 Å². The number of nitrogens with zero attached hydrogens (tertiary/aromatic N) is 1. The van der Waals surface area contributed by atoms with Crippen LogP contribution in [0.25, 0.3) is 10.9 Å². The number of primary amides is 1. The van der Waals surface area contributed by atoms with Gasteiger partial charge in [-0.05, 0) is 85.4 Å². The van der Waals surface area contributed by atoms with E-state index in [1.165, 1.54) is 11.6 Å². The number of nitrogens with two attached hydrogens (primary N) is 1. The normalized spacial score (nSPS) is 20.1. The van der Waals surface area contributed by atoms with Crippen LogP contribution < -0.4 is 10.5 Å². The van der Waals surface area contributed by atoms with E-state index in [0.717, 1.165) is 47.9 Å². The SMILES string of the molecule is COc1cccc(C(N)=O)c1[C@H](C)C1CCC(c2ccnc3ccc(F)cc23)CC1. The maximum atomic E-state index is 13.8. The number of hydrogen-bond acceptors (Lipinski definition) is 3. The molecule has 0 bridgehead atoms. The van der Waals surface area contributed by atoms with E-state index in [1.54, 1.807) is 31.4 Å². The molecule has 1 saturated carbocycles. The van der Waals surface area contributed by atoms with E-state index in [9.17, 15) is 9.18 Å². The average Bonchev–Trinajstić information content (AvgIpc) is 2.77. The first kappa shape index (κ1) is 20.3. The van der Waals surface area contributed by atoms with Crippen LogP contribution in [-0.2, 0) is 0 Å². The third-order valence-corrected chi connectivity index (χ3v) is 6.66. The first-order chi connectivity index (χ1) is 14.5. The molecule has 1 fully saturated rings. The van der Waals surface area contributed by atoms with E-state index in [4.69, 9.17) is 10.5 Å². The summed E-state index contributed by atoms with van der Waals surface area (Å²) in [5.74, 6) is 1.05. The molecule has 0 radical (unpaired) electrons. The third-order valence-electron chi connectivity index (χ3n) is 6.66. The fraction of sp³-hybridized carbons (Fsp3) is 0.360. The van der Waals surface area contributed by atoms with Crippen molar-refractivity contribution >= 4 is 16.8 Å². The minimum absolute atomic E-state index is 0.163. The lowest BCUT2D eigenvalue weighted by Gasteiger charge is -2.34. The molecule has 156 valence electrons. The fourth-order valence-corrected chi connectivity index (χ4v) is 5.07. The van der Waals surface area contributed by atoms with Gasteiger partial charge in [0, 0.05) is 22.7 Å². The van der Waals surface area contributed by atoms with E-state index in [1.807, 2.05) is 18.3 Å². The van der Waals surface area contributed by atoms with Crippen LogP contribution in [0.2, 0.25) is 0 Å². The second-order valence-corrected chi connectivity index (χ2v) is 8.25. The molecule has 4 rings (SSSR count). The Morgan fingerprint density at radius 3 is 2.63 bits per heavy atom. The predicted molar refractivity (Wildman–Crippen MR) is 116 cm³/mol. The molecule has 2 N–H and O–H groups in total. The van der Waals surface area contributed by atoms with Gasteiger partial charge in [0.05, 0.1) is 12.6 Å². The van der Waals surface area contributed by atoms with E-state index in [0.29, 0.717) is 17.4 Å². The molecule has 30 heavy (non-hydrogen) atoms. The van der Waals surface area contributed by atoms with E-state index in [2.05, 4.69) is 11.9 Å². The van der Waals surface area contributed by atoms with Crippen LogP contribution in [0.1, 0.15) is 65.9 Å². The smallest absolute Gasteiger partial charge is 0.249 e. The van der Waals surface area contributed by atoms with Crippen molar-refractivity contribution in [3.8, 4) is 5.75 Å². The third kappa shape index (κ3) is 3.76. The number of pyridine rings is 1. The number of fused-ring (bicyclic) bond motifs is 1. The summed E-state index contributed by atoms with van der Waals surface area (Å²) in [5.41, 5.74) is 9.11. The van der Waals surface area contributed by atoms with E-state index in [-0.39, 0.29) is 11.7 Å². The zero-order valence-electron chi connectivity index (χ0n) is 17.4. The van der Waals surface area contributed by atoms with E-state index < -0.39 is 5.91 Å². The Hall–Kier alpha value is -2.95. The van der Waals surface area contributed by atoms with Gasteiger partial charge in [-0.15, -0.1) is 0 Å². The summed E-state index contributed by atoms with van der Waals surface area (Å²) in [6.45, 7) is 2.16. The van der Waals surface area contributed by atoms with Crippen molar-refractivity contribution in [1.82, 2.24) is 4.98 Å². The number of amides is 1. The highest BCUT2D eigenvalue weighted by Gasteiger charge is 2.31. The summed E-state index contributed by atoms with van der Waals surface area (Å²) >= 11 is 0. The van der Waals surface area contributed by atoms with Gasteiger partial charge < -0.3 is 10.5 Å².